The maximum atomic E-state index is 12.7. The topological polar surface area (TPSA) is 75.2 Å². The number of hydrogen-bond acceptors (Lipinski definition) is 4. The summed E-state index contributed by atoms with van der Waals surface area (Å²) in [5.41, 5.74) is 1.56. The summed E-state index contributed by atoms with van der Waals surface area (Å²) in [5.74, 6) is -0.371. The first-order valence-corrected chi connectivity index (χ1v) is 6.65. The molecule has 0 saturated heterocycles. The molecule has 0 fully saturated rings. The van der Waals surface area contributed by atoms with Crippen LogP contribution in [0.25, 0.3) is 0 Å². The van der Waals surface area contributed by atoms with Crippen LogP contribution >= 0.6 is 0 Å². The molecule has 2 aromatic rings. The van der Waals surface area contributed by atoms with Crippen molar-refractivity contribution in [2.45, 2.75) is 19.4 Å². The maximum Gasteiger partial charge on any atom is 0.278 e. The van der Waals surface area contributed by atoms with Crippen LogP contribution in [-0.4, -0.2) is 27.8 Å². The molecule has 0 saturated carbocycles. The van der Waals surface area contributed by atoms with Crippen molar-refractivity contribution in [1.82, 2.24) is 9.97 Å². The fraction of sp³-hybridized carbons (Fsp3) is 0.200. The molecule has 2 heterocycles. The first-order valence-electron chi connectivity index (χ1n) is 6.65. The Kier molecular flexibility index (Phi) is 3.35. The van der Waals surface area contributed by atoms with Gasteiger partial charge in [-0.05, 0) is 19.1 Å². The molecule has 1 N–H and O–H groups in total. The van der Waals surface area contributed by atoms with E-state index >= 15 is 0 Å². The lowest BCUT2D eigenvalue weighted by molar-refractivity contribution is -0.116. The van der Waals surface area contributed by atoms with Crippen LogP contribution in [0.2, 0.25) is 0 Å². The van der Waals surface area contributed by atoms with Crippen LogP contribution in [0.5, 0.6) is 0 Å². The van der Waals surface area contributed by atoms with Gasteiger partial charge in [0.15, 0.2) is 0 Å². The Hall–Kier alpha value is -2.76. The molecule has 1 aliphatic heterocycles. The van der Waals surface area contributed by atoms with Gasteiger partial charge in [-0.2, -0.15) is 0 Å². The minimum atomic E-state index is -0.264. The Bertz CT molecular complexity index is 687. The highest BCUT2D eigenvalue weighted by Crippen LogP contribution is 2.32. The second-order valence-corrected chi connectivity index (χ2v) is 4.88. The summed E-state index contributed by atoms with van der Waals surface area (Å²) in [7, 11) is 0. The number of anilines is 2. The average Bonchev–Trinajstić information content (AvgIpc) is 2.62. The zero-order valence-electron chi connectivity index (χ0n) is 11.5. The fourth-order valence-corrected chi connectivity index (χ4v) is 2.43. The van der Waals surface area contributed by atoms with Crippen LogP contribution in [0.4, 0.5) is 11.4 Å². The molecule has 1 aromatic carbocycles. The van der Waals surface area contributed by atoms with Crippen molar-refractivity contribution in [1.29, 1.82) is 0 Å². The number of amides is 2. The first kappa shape index (κ1) is 13.2. The fourth-order valence-electron chi connectivity index (χ4n) is 2.43. The lowest BCUT2D eigenvalue weighted by Gasteiger charge is -2.27. The second kappa shape index (κ2) is 5.32. The lowest BCUT2D eigenvalue weighted by atomic mass is 10.1. The number of rotatable bonds is 1. The van der Waals surface area contributed by atoms with Gasteiger partial charge < -0.3 is 10.2 Å². The molecule has 0 aliphatic carbocycles. The maximum absolute atomic E-state index is 12.7. The minimum absolute atomic E-state index is 0.107. The normalized spacial score (nSPS) is 17.7. The van der Waals surface area contributed by atoms with Crippen LogP contribution in [0, 0.1) is 0 Å². The second-order valence-electron chi connectivity index (χ2n) is 4.88. The van der Waals surface area contributed by atoms with Gasteiger partial charge in [0, 0.05) is 24.9 Å². The predicted molar refractivity (Wildman–Crippen MR) is 78.0 cm³/mol. The van der Waals surface area contributed by atoms with Crippen molar-refractivity contribution in [3.8, 4) is 0 Å². The molecule has 1 atom stereocenters. The molecule has 3 rings (SSSR count). The third kappa shape index (κ3) is 2.47. The van der Waals surface area contributed by atoms with E-state index in [2.05, 4.69) is 15.3 Å². The van der Waals surface area contributed by atoms with Crippen molar-refractivity contribution in [2.24, 2.45) is 0 Å². The van der Waals surface area contributed by atoms with E-state index in [0.29, 0.717) is 11.4 Å². The third-order valence-electron chi connectivity index (χ3n) is 3.36. The Morgan fingerprint density at radius 3 is 2.90 bits per heavy atom. The molecule has 1 aliphatic rings. The molecule has 21 heavy (non-hydrogen) atoms. The molecule has 2 amide bonds. The molecule has 6 heteroatoms. The molecule has 0 spiro atoms. The van der Waals surface area contributed by atoms with E-state index in [1.165, 1.54) is 18.6 Å². The van der Waals surface area contributed by atoms with E-state index in [4.69, 9.17) is 0 Å². The largest absolute Gasteiger partial charge is 0.324 e. The summed E-state index contributed by atoms with van der Waals surface area (Å²) in [5, 5.41) is 2.82. The monoisotopic (exact) mass is 282 g/mol. The summed E-state index contributed by atoms with van der Waals surface area (Å²) in [6.45, 7) is 1.84. The summed E-state index contributed by atoms with van der Waals surface area (Å²) < 4.78 is 0. The van der Waals surface area contributed by atoms with Crippen LogP contribution < -0.4 is 10.2 Å². The molecule has 0 radical (unpaired) electrons. The Morgan fingerprint density at radius 2 is 2.14 bits per heavy atom. The standard InChI is InChI=1S/C15H14N4O2/c1-10-8-14(20)18-11-4-2-3-5-13(11)19(10)15(21)12-9-16-6-7-17-12/h2-7,9-10H,8H2,1H3,(H,18,20). The number of carbonyl (C=O) groups excluding carboxylic acids is 2. The zero-order chi connectivity index (χ0) is 14.8. The van der Waals surface area contributed by atoms with Gasteiger partial charge in [-0.15, -0.1) is 0 Å². The molecule has 0 bridgehead atoms. The highest BCUT2D eigenvalue weighted by Gasteiger charge is 2.30. The highest BCUT2D eigenvalue weighted by molar-refractivity contribution is 6.10. The van der Waals surface area contributed by atoms with Gasteiger partial charge >= 0.3 is 0 Å². The summed E-state index contributed by atoms with van der Waals surface area (Å²) >= 11 is 0. The number of hydrogen-bond donors (Lipinski definition) is 1. The van der Waals surface area contributed by atoms with Gasteiger partial charge in [0.25, 0.3) is 5.91 Å². The average molecular weight is 282 g/mol. The van der Waals surface area contributed by atoms with E-state index in [1.807, 2.05) is 25.1 Å². The van der Waals surface area contributed by atoms with Crippen LogP contribution in [0.1, 0.15) is 23.8 Å². The molecule has 1 aromatic heterocycles. The number of fused-ring (bicyclic) bond motifs is 1. The molecule has 1 unspecified atom stereocenters. The van der Waals surface area contributed by atoms with Gasteiger partial charge in [-0.25, -0.2) is 4.98 Å². The number of aromatic nitrogens is 2. The zero-order valence-corrected chi connectivity index (χ0v) is 11.5. The van der Waals surface area contributed by atoms with Gasteiger partial charge in [0.05, 0.1) is 17.6 Å². The SMILES string of the molecule is CC1CC(=O)Nc2ccccc2N1C(=O)c1cnccn1. The molecular weight excluding hydrogens is 268 g/mol. The highest BCUT2D eigenvalue weighted by atomic mass is 16.2. The number of nitrogens with zero attached hydrogens (tertiary/aromatic N) is 3. The summed E-state index contributed by atoms with van der Waals surface area (Å²) in [4.78, 5) is 34.2. The predicted octanol–water partition coefficient (Wildman–Crippen LogP) is 1.85. The number of para-hydroxylation sites is 2. The Labute approximate surface area is 121 Å². The Balaban J connectivity index is 2.07. The van der Waals surface area contributed by atoms with Gasteiger partial charge in [0.1, 0.15) is 5.69 Å². The third-order valence-corrected chi connectivity index (χ3v) is 3.36. The van der Waals surface area contributed by atoms with E-state index < -0.39 is 0 Å². The quantitative estimate of drug-likeness (QED) is 0.866. The summed E-state index contributed by atoms with van der Waals surface area (Å²) in [6.07, 6.45) is 4.66. The molecule has 106 valence electrons. The van der Waals surface area contributed by atoms with E-state index in [9.17, 15) is 9.59 Å². The van der Waals surface area contributed by atoms with Crippen molar-refractivity contribution < 1.29 is 9.59 Å². The minimum Gasteiger partial charge on any atom is -0.324 e. The number of nitrogens with one attached hydrogen (secondary N) is 1. The van der Waals surface area contributed by atoms with Gasteiger partial charge in [-0.1, -0.05) is 12.1 Å². The first-order chi connectivity index (χ1) is 10.2. The smallest absolute Gasteiger partial charge is 0.278 e. The molecular formula is C15H14N4O2. The van der Waals surface area contributed by atoms with E-state index in [1.54, 1.807) is 11.0 Å². The van der Waals surface area contributed by atoms with Crippen LogP contribution in [0.15, 0.2) is 42.9 Å². The molecule has 6 nitrogen and oxygen atoms in total. The van der Waals surface area contributed by atoms with Crippen LogP contribution in [-0.2, 0) is 4.79 Å². The number of carbonyl (C=O) groups is 2. The summed E-state index contributed by atoms with van der Waals surface area (Å²) in [6, 6.07) is 6.98. The lowest BCUT2D eigenvalue weighted by Crippen LogP contribution is -2.39. The Morgan fingerprint density at radius 1 is 1.33 bits per heavy atom. The van der Waals surface area contributed by atoms with Crippen LogP contribution in [0.3, 0.4) is 0 Å². The van der Waals surface area contributed by atoms with Crippen molar-refractivity contribution in [3.05, 3.63) is 48.5 Å². The van der Waals surface area contributed by atoms with E-state index in [0.717, 1.165) is 0 Å². The number of benzene rings is 1. The van der Waals surface area contributed by atoms with Gasteiger partial charge in [0.2, 0.25) is 5.91 Å². The van der Waals surface area contributed by atoms with Crippen molar-refractivity contribution in [2.75, 3.05) is 10.2 Å². The van der Waals surface area contributed by atoms with Crippen molar-refractivity contribution >= 4 is 23.2 Å². The van der Waals surface area contributed by atoms with Crippen molar-refractivity contribution in [3.63, 3.8) is 0 Å². The van der Waals surface area contributed by atoms with E-state index in [-0.39, 0.29) is 30.0 Å². The van der Waals surface area contributed by atoms with Gasteiger partial charge in [-0.3, -0.25) is 14.6 Å².